The van der Waals surface area contributed by atoms with E-state index in [9.17, 15) is 0 Å². The van der Waals surface area contributed by atoms with Crippen molar-refractivity contribution < 1.29 is 0 Å². The number of aromatic nitrogens is 2. The monoisotopic (exact) mass is 277 g/mol. The molecule has 19 heavy (non-hydrogen) atoms. The Bertz CT molecular complexity index is 520. The van der Waals surface area contributed by atoms with Gasteiger partial charge in [0.1, 0.15) is 5.82 Å². The molecule has 4 heteroatoms. The average molecular weight is 278 g/mol. The van der Waals surface area contributed by atoms with Crippen LogP contribution in [0.4, 0.5) is 0 Å². The van der Waals surface area contributed by atoms with Crippen molar-refractivity contribution >= 4 is 11.6 Å². The Morgan fingerprint density at radius 1 is 1.32 bits per heavy atom. The maximum absolute atomic E-state index is 6.15. The molecule has 0 aliphatic rings. The number of hydrogen-bond donors (Lipinski definition) is 2. The van der Waals surface area contributed by atoms with E-state index in [1.54, 1.807) is 0 Å². The lowest BCUT2D eigenvalue weighted by atomic mass is 10.1. The number of hydrogen-bond acceptors (Lipinski definition) is 2. The second-order valence-electron chi connectivity index (χ2n) is 5.15. The van der Waals surface area contributed by atoms with Gasteiger partial charge in [-0.3, -0.25) is 0 Å². The molecule has 3 nitrogen and oxygen atoms in total. The van der Waals surface area contributed by atoms with Crippen LogP contribution in [-0.2, 0) is 13.0 Å². The first-order valence-electron chi connectivity index (χ1n) is 6.62. The van der Waals surface area contributed by atoms with Gasteiger partial charge in [-0.1, -0.05) is 43.6 Å². The molecule has 0 aliphatic heterocycles. The predicted molar refractivity (Wildman–Crippen MR) is 79.4 cm³/mol. The fourth-order valence-corrected chi connectivity index (χ4v) is 2.11. The predicted octanol–water partition coefficient (Wildman–Crippen LogP) is 3.40. The maximum atomic E-state index is 6.15. The molecule has 0 saturated carbocycles. The van der Waals surface area contributed by atoms with Crippen LogP contribution in [0.25, 0.3) is 0 Å². The molecular weight excluding hydrogens is 258 g/mol. The summed E-state index contributed by atoms with van der Waals surface area (Å²) in [4.78, 5) is 7.73. The van der Waals surface area contributed by atoms with Crippen LogP contribution in [-0.4, -0.2) is 16.5 Å². The Labute approximate surface area is 119 Å². The molecule has 1 heterocycles. The lowest BCUT2D eigenvalue weighted by Gasteiger charge is -2.05. The molecule has 2 rings (SSSR count). The van der Waals surface area contributed by atoms with Crippen molar-refractivity contribution in [2.45, 2.75) is 26.8 Å². The molecule has 1 aromatic heterocycles. The van der Waals surface area contributed by atoms with E-state index < -0.39 is 0 Å². The zero-order chi connectivity index (χ0) is 13.7. The van der Waals surface area contributed by atoms with Crippen molar-refractivity contribution in [1.82, 2.24) is 15.3 Å². The van der Waals surface area contributed by atoms with Gasteiger partial charge in [-0.05, 0) is 24.1 Å². The summed E-state index contributed by atoms with van der Waals surface area (Å²) >= 11 is 6.15. The zero-order valence-electron chi connectivity index (χ0n) is 11.4. The molecule has 102 valence electrons. The second kappa shape index (κ2) is 6.73. The van der Waals surface area contributed by atoms with Crippen molar-refractivity contribution in [3.8, 4) is 0 Å². The minimum Gasteiger partial charge on any atom is -0.345 e. The van der Waals surface area contributed by atoms with Crippen LogP contribution in [0.3, 0.4) is 0 Å². The topological polar surface area (TPSA) is 40.7 Å². The number of imidazole rings is 1. The minimum absolute atomic E-state index is 0.658. The molecule has 0 atom stereocenters. The smallest absolute Gasteiger partial charge is 0.110 e. The highest BCUT2D eigenvalue weighted by Gasteiger charge is 2.05. The number of benzene rings is 1. The second-order valence-corrected chi connectivity index (χ2v) is 5.56. The van der Waals surface area contributed by atoms with Gasteiger partial charge in [-0.25, -0.2) is 4.98 Å². The molecular formula is C15H20ClN3. The molecule has 0 unspecified atom stereocenters. The van der Waals surface area contributed by atoms with E-state index in [-0.39, 0.29) is 0 Å². The largest absolute Gasteiger partial charge is 0.345 e. The first-order valence-corrected chi connectivity index (χ1v) is 7.00. The number of H-pyrrole nitrogens is 1. The van der Waals surface area contributed by atoms with E-state index in [1.165, 1.54) is 0 Å². The summed E-state index contributed by atoms with van der Waals surface area (Å²) in [7, 11) is 0. The molecule has 1 aromatic carbocycles. The highest BCUT2D eigenvalue weighted by atomic mass is 35.5. The average Bonchev–Trinajstić information content (AvgIpc) is 2.79. The Hall–Kier alpha value is -1.32. The molecule has 0 saturated heterocycles. The van der Waals surface area contributed by atoms with Gasteiger partial charge in [0.05, 0.1) is 0 Å². The summed E-state index contributed by atoms with van der Waals surface area (Å²) in [5.41, 5.74) is 2.21. The van der Waals surface area contributed by atoms with Crippen LogP contribution in [0.5, 0.6) is 0 Å². The van der Waals surface area contributed by atoms with Crippen LogP contribution in [0.15, 0.2) is 30.5 Å². The molecule has 0 radical (unpaired) electrons. The fraction of sp³-hybridized carbons (Fsp3) is 0.400. The van der Waals surface area contributed by atoms with Crippen LogP contribution in [0, 0.1) is 5.92 Å². The standard InChI is InChI=1S/C15H20ClN3/c1-11(2)8-17-9-13-10-18-15(19-13)7-12-5-3-4-6-14(12)16/h3-6,10-11,17H,7-9H2,1-2H3,(H,18,19). The first-order chi connectivity index (χ1) is 9.15. The van der Waals surface area contributed by atoms with Crippen LogP contribution < -0.4 is 5.32 Å². The van der Waals surface area contributed by atoms with E-state index in [2.05, 4.69) is 29.1 Å². The molecule has 0 fully saturated rings. The molecule has 2 N–H and O–H groups in total. The van der Waals surface area contributed by atoms with Gasteiger partial charge in [-0.2, -0.15) is 0 Å². The van der Waals surface area contributed by atoms with Crippen molar-refractivity contribution in [3.63, 3.8) is 0 Å². The highest BCUT2D eigenvalue weighted by molar-refractivity contribution is 6.31. The Morgan fingerprint density at radius 3 is 2.84 bits per heavy atom. The lowest BCUT2D eigenvalue weighted by molar-refractivity contribution is 0.548. The van der Waals surface area contributed by atoms with Crippen molar-refractivity contribution in [2.24, 2.45) is 5.92 Å². The van der Waals surface area contributed by atoms with Crippen LogP contribution >= 0.6 is 11.6 Å². The van der Waals surface area contributed by atoms with E-state index in [0.717, 1.165) is 41.6 Å². The van der Waals surface area contributed by atoms with Crippen LogP contribution in [0.2, 0.25) is 5.02 Å². The van der Waals surface area contributed by atoms with Gasteiger partial charge in [0, 0.05) is 29.9 Å². The zero-order valence-corrected chi connectivity index (χ0v) is 12.2. The third-order valence-electron chi connectivity index (χ3n) is 2.86. The van der Waals surface area contributed by atoms with E-state index >= 15 is 0 Å². The number of nitrogens with one attached hydrogen (secondary N) is 2. The Kier molecular flexibility index (Phi) is 5.00. The summed E-state index contributed by atoms with van der Waals surface area (Å²) in [5, 5.41) is 4.18. The van der Waals surface area contributed by atoms with Crippen molar-refractivity contribution in [1.29, 1.82) is 0 Å². The number of rotatable bonds is 6. The van der Waals surface area contributed by atoms with E-state index in [1.807, 2.05) is 30.5 Å². The van der Waals surface area contributed by atoms with E-state index in [0.29, 0.717) is 5.92 Å². The number of aromatic amines is 1. The Morgan fingerprint density at radius 2 is 2.11 bits per heavy atom. The summed E-state index contributed by atoms with van der Waals surface area (Å²) in [6.45, 7) is 6.23. The quantitative estimate of drug-likeness (QED) is 0.850. The summed E-state index contributed by atoms with van der Waals surface area (Å²) in [5.74, 6) is 1.61. The van der Waals surface area contributed by atoms with Gasteiger partial charge >= 0.3 is 0 Å². The van der Waals surface area contributed by atoms with Gasteiger partial charge < -0.3 is 10.3 Å². The van der Waals surface area contributed by atoms with Crippen molar-refractivity contribution in [3.05, 3.63) is 52.6 Å². The summed E-state index contributed by atoms with van der Waals surface area (Å²) < 4.78 is 0. The fourth-order valence-electron chi connectivity index (χ4n) is 1.90. The highest BCUT2D eigenvalue weighted by Crippen LogP contribution is 2.17. The first kappa shape index (κ1) is 14.1. The van der Waals surface area contributed by atoms with Gasteiger partial charge in [0.15, 0.2) is 0 Å². The number of nitrogens with zero attached hydrogens (tertiary/aromatic N) is 1. The van der Waals surface area contributed by atoms with E-state index in [4.69, 9.17) is 11.6 Å². The summed E-state index contributed by atoms with van der Waals surface area (Å²) in [6.07, 6.45) is 2.63. The van der Waals surface area contributed by atoms with Gasteiger partial charge in [0.2, 0.25) is 0 Å². The van der Waals surface area contributed by atoms with Crippen molar-refractivity contribution in [2.75, 3.05) is 6.54 Å². The minimum atomic E-state index is 0.658. The number of halogens is 1. The van der Waals surface area contributed by atoms with Gasteiger partial charge in [0.25, 0.3) is 0 Å². The van der Waals surface area contributed by atoms with Gasteiger partial charge in [-0.15, -0.1) is 0 Å². The lowest BCUT2D eigenvalue weighted by Crippen LogP contribution is -2.19. The molecule has 0 amide bonds. The van der Waals surface area contributed by atoms with Crippen LogP contribution in [0.1, 0.15) is 30.9 Å². The third-order valence-corrected chi connectivity index (χ3v) is 3.23. The molecule has 0 aliphatic carbocycles. The molecule has 0 spiro atoms. The molecule has 2 aromatic rings. The maximum Gasteiger partial charge on any atom is 0.110 e. The Balaban J connectivity index is 1.92. The normalized spacial score (nSPS) is 11.2. The summed E-state index contributed by atoms with van der Waals surface area (Å²) in [6, 6.07) is 7.87. The third kappa shape index (κ3) is 4.37. The molecule has 0 bridgehead atoms. The SMILES string of the molecule is CC(C)CNCc1cnc(Cc2ccccc2Cl)[nH]1.